The van der Waals surface area contributed by atoms with E-state index < -0.39 is 35.1 Å². The Labute approximate surface area is 194 Å². The lowest BCUT2D eigenvalue weighted by Gasteiger charge is -2.18. The van der Waals surface area contributed by atoms with Crippen molar-refractivity contribution in [2.75, 3.05) is 18.9 Å². The maximum atomic E-state index is 13.0. The lowest BCUT2D eigenvalue weighted by molar-refractivity contribution is -0.137. The Kier molecular flexibility index (Phi) is 6.19. The number of anilines is 1. The Morgan fingerprint density at radius 1 is 1.30 bits per heavy atom. The Hall–Kier alpha value is -2.92. The van der Waals surface area contributed by atoms with Crippen molar-refractivity contribution in [2.45, 2.75) is 32.0 Å². The van der Waals surface area contributed by atoms with Gasteiger partial charge in [-0.25, -0.2) is 4.98 Å². The average molecular weight is 499 g/mol. The van der Waals surface area contributed by atoms with Gasteiger partial charge in [0.2, 0.25) is 11.8 Å². The Morgan fingerprint density at radius 3 is 2.79 bits per heavy atom. The zero-order valence-corrected chi connectivity index (χ0v) is 18.9. The summed E-state index contributed by atoms with van der Waals surface area (Å²) in [4.78, 5) is 44.9. The molecular formula is C21H18ClF3N4O3S. The van der Waals surface area contributed by atoms with Crippen molar-refractivity contribution in [1.82, 2.24) is 14.5 Å². The Bertz CT molecular complexity index is 1320. The summed E-state index contributed by atoms with van der Waals surface area (Å²) in [6, 6.07) is 2.99. The van der Waals surface area contributed by atoms with E-state index in [-0.39, 0.29) is 17.8 Å². The molecule has 7 nitrogen and oxygen atoms in total. The van der Waals surface area contributed by atoms with Crippen LogP contribution in [0.4, 0.5) is 18.9 Å². The van der Waals surface area contributed by atoms with Gasteiger partial charge in [-0.3, -0.25) is 19.0 Å². The van der Waals surface area contributed by atoms with Gasteiger partial charge in [0.15, 0.2) is 0 Å². The van der Waals surface area contributed by atoms with Crippen LogP contribution in [-0.2, 0) is 35.2 Å². The van der Waals surface area contributed by atoms with Crippen LogP contribution in [0.2, 0.25) is 5.02 Å². The highest BCUT2D eigenvalue weighted by Gasteiger charge is 2.33. The molecule has 0 bridgehead atoms. The van der Waals surface area contributed by atoms with E-state index in [1.807, 2.05) is 0 Å². The smallest absolute Gasteiger partial charge is 0.335 e. The summed E-state index contributed by atoms with van der Waals surface area (Å²) >= 11 is 7.07. The van der Waals surface area contributed by atoms with Crippen LogP contribution in [0.1, 0.15) is 22.4 Å². The number of carbonyl (C=O) groups excluding carboxylic acids is 2. The van der Waals surface area contributed by atoms with Crippen LogP contribution in [0.15, 0.2) is 29.3 Å². The zero-order chi connectivity index (χ0) is 23.9. The maximum absolute atomic E-state index is 13.0. The number of amides is 2. The summed E-state index contributed by atoms with van der Waals surface area (Å²) in [5, 5.41) is 2.38. The molecule has 0 spiro atoms. The zero-order valence-electron chi connectivity index (χ0n) is 17.3. The number of nitrogens with zero attached hydrogens (tertiary/aromatic N) is 3. The molecule has 12 heteroatoms. The number of hydrogen-bond donors (Lipinski definition) is 1. The number of aromatic nitrogens is 2. The van der Waals surface area contributed by atoms with Crippen LogP contribution in [0.25, 0.3) is 10.2 Å². The van der Waals surface area contributed by atoms with Crippen molar-refractivity contribution < 1.29 is 22.8 Å². The summed E-state index contributed by atoms with van der Waals surface area (Å²) in [7, 11) is 1.37. The number of fused-ring (bicyclic) bond motifs is 3. The third-order valence-corrected chi connectivity index (χ3v) is 6.89. The number of nitrogens with one attached hydrogen (secondary N) is 1. The Morgan fingerprint density at radius 2 is 2.06 bits per heavy atom. The second-order valence-electron chi connectivity index (χ2n) is 7.71. The molecule has 1 aliphatic rings. The Balaban J connectivity index is 1.43. The van der Waals surface area contributed by atoms with Crippen molar-refractivity contribution in [2.24, 2.45) is 0 Å². The van der Waals surface area contributed by atoms with E-state index in [0.29, 0.717) is 10.2 Å². The summed E-state index contributed by atoms with van der Waals surface area (Å²) in [5.41, 5.74) is -0.474. The highest BCUT2D eigenvalue weighted by atomic mass is 35.5. The normalized spacial score (nSPS) is 13.2. The fraction of sp³-hybridized carbons (Fsp3) is 0.333. The minimum Gasteiger partial charge on any atom is -0.335 e. The van der Waals surface area contributed by atoms with E-state index in [4.69, 9.17) is 11.6 Å². The van der Waals surface area contributed by atoms with E-state index in [9.17, 15) is 27.6 Å². The van der Waals surface area contributed by atoms with E-state index >= 15 is 0 Å². The van der Waals surface area contributed by atoms with E-state index in [1.54, 1.807) is 0 Å². The van der Waals surface area contributed by atoms with Crippen molar-refractivity contribution >= 4 is 50.7 Å². The first-order valence-electron chi connectivity index (χ1n) is 9.95. The van der Waals surface area contributed by atoms with Gasteiger partial charge in [-0.15, -0.1) is 11.3 Å². The first kappa shape index (κ1) is 23.2. The van der Waals surface area contributed by atoms with Crippen LogP contribution in [0.5, 0.6) is 0 Å². The molecule has 0 unspecified atom stereocenters. The van der Waals surface area contributed by atoms with Gasteiger partial charge < -0.3 is 10.2 Å². The molecule has 0 saturated heterocycles. The molecule has 2 heterocycles. The molecule has 174 valence electrons. The molecule has 0 radical (unpaired) electrons. The highest BCUT2D eigenvalue weighted by Crippen LogP contribution is 2.36. The standard InChI is InChI=1S/C21H18ClF3N4O3S/c1-28(8-16(30)27-11-5-6-14(22)13(7-11)21(23,24)25)17(31)9-29-10-26-19-18(20(29)32)12-3-2-4-15(12)33-19/h5-7,10H,2-4,8-9H2,1H3,(H,27,30). The number of halogens is 4. The van der Waals surface area contributed by atoms with Gasteiger partial charge in [0.05, 0.1) is 28.8 Å². The van der Waals surface area contributed by atoms with Crippen molar-refractivity contribution in [3.8, 4) is 0 Å². The van der Waals surface area contributed by atoms with Crippen LogP contribution < -0.4 is 10.9 Å². The van der Waals surface area contributed by atoms with Crippen molar-refractivity contribution in [3.05, 3.63) is 55.9 Å². The lowest BCUT2D eigenvalue weighted by atomic mass is 10.2. The molecule has 4 rings (SSSR count). The van der Waals surface area contributed by atoms with Crippen molar-refractivity contribution in [3.63, 3.8) is 0 Å². The summed E-state index contributed by atoms with van der Waals surface area (Å²) in [5.74, 6) is -1.22. The lowest BCUT2D eigenvalue weighted by Crippen LogP contribution is -2.38. The predicted octanol–water partition coefficient (Wildman–Crippen LogP) is 3.72. The highest BCUT2D eigenvalue weighted by molar-refractivity contribution is 7.18. The molecule has 0 fully saturated rings. The second-order valence-corrected chi connectivity index (χ2v) is 9.20. The largest absolute Gasteiger partial charge is 0.417 e. The van der Waals surface area contributed by atoms with Gasteiger partial charge in [-0.2, -0.15) is 13.2 Å². The molecule has 3 aromatic rings. The third kappa shape index (κ3) is 4.74. The molecule has 2 amide bonds. The average Bonchev–Trinajstić information content (AvgIpc) is 3.31. The fourth-order valence-electron chi connectivity index (χ4n) is 3.72. The number of alkyl halides is 3. The summed E-state index contributed by atoms with van der Waals surface area (Å²) in [6.07, 6.45) is -0.639. The quantitative estimate of drug-likeness (QED) is 0.581. The maximum Gasteiger partial charge on any atom is 0.417 e. The van der Waals surface area contributed by atoms with Gasteiger partial charge in [0.1, 0.15) is 11.4 Å². The van der Waals surface area contributed by atoms with Gasteiger partial charge in [-0.05, 0) is 43.0 Å². The molecule has 1 aromatic carbocycles. The van der Waals surface area contributed by atoms with Crippen LogP contribution >= 0.6 is 22.9 Å². The van der Waals surface area contributed by atoms with Gasteiger partial charge in [0, 0.05) is 17.6 Å². The SMILES string of the molecule is CN(CC(=O)Nc1ccc(Cl)c(C(F)(F)F)c1)C(=O)Cn1cnc2sc3c(c2c1=O)CCC3. The minimum absolute atomic E-state index is 0.102. The number of likely N-dealkylation sites (N-methyl/N-ethyl adjacent to an activating group) is 1. The first-order chi connectivity index (χ1) is 15.5. The monoisotopic (exact) mass is 498 g/mol. The van der Waals surface area contributed by atoms with Gasteiger partial charge in [-0.1, -0.05) is 11.6 Å². The van der Waals surface area contributed by atoms with Crippen LogP contribution in [0.3, 0.4) is 0 Å². The number of aryl methyl sites for hydroxylation is 2. The molecule has 33 heavy (non-hydrogen) atoms. The van der Waals surface area contributed by atoms with Crippen LogP contribution in [-0.4, -0.2) is 39.9 Å². The summed E-state index contributed by atoms with van der Waals surface area (Å²) < 4.78 is 40.2. The number of thiophene rings is 1. The topological polar surface area (TPSA) is 84.3 Å². The molecule has 2 aromatic heterocycles. The molecule has 1 N–H and O–H groups in total. The molecule has 0 aliphatic heterocycles. The summed E-state index contributed by atoms with van der Waals surface area (Å²) in [6.45, 7) is -0.726. The molecular weight excluding hydrogens is 481 g/mol. The number of carbonyl (C=O) groups is 2. The molecule has 0 atom stereocenters. The first-order valence-corrected chi connectivity index (χ1v) is 11.1. The van der Waals surface area contributed by atoms with E-state index in [2.05, 4.69) is 10.3 Å². The minimum atomic E-state index is -4.67. The van der Waals surface area contributed by atoms with Gasteiger partial charge >= 0.3 is 6.18 Å². The van der Waals surface area contributed by atoms with Gasteiger partial charge in [0.25, 0.3) is 5.56 Å². The number of rotatable bonds is 5. The van der Waals surface area contributed by atoms with E-state index in [0.717, 1.165) is 46.7 Å². The van der Waals surface area contributed by atoms with Crippen LogP contribution in [0, 0.1) is 0 Å². The van der Waals surface area contributed by atoms with Crippen molar-refractivity contribution in [1.29, 1.82) is 0 Å². The number of hydrogen-bond acceptors (Lipinski definition) is 5. The number of benzene rings is 1. The fourth-order valence-corrected chi connectivity index (χ4v) is 5.17. The van der Waals surface area contributed by atoms with E-state index in [1.165, 1.54) is 35.3 Å². The predicted molar refractivity (Wildman–Crippen MR) is 119 cm³/mol. The second kappa shape index (κ2) is 8.79. The molecule has 0 saturated carbocycles. The molecule has 1 aliphatic carbocycles. The third-order valence-electron chi connectivity index (χ3n) is 5.36.